The zero-order valence-electron chi connectivity index (χ0n) is 9.87. The Morgan fingerprint density at radius 1 is 1.37 bits per heavy atom. The summed E-state index contributed by atoms with van der Waals surface area (Å²) in [5.74, 6) is -0.603. The molecule has 1 aliphatic heterocycles. The second kappa shape index (κ2) is 5.46. The topological polar surface area (TPSA) is 60.8 Å². The lowest BCUT2D eigenvalue weighted by atomic mass is 10.2. The minimum Gasteiger partial charge on any atom is -0.504 e. The summed E-state index contributed by atoms with van der Waals surface area (Å²) in [7, 11) is 0. The summed E-state index contributed by atoms with van der Waals surface area (Å²) in [6.07, 6.45) is 3.24. The first-order chi connectivity index (χ1) is 9.02. The van der Waals surface area contributed by atoms with Crippen LogP contribution in [0.3, 0.4) is 0 Å². The molecule has 1 aromatic carbocycles. The second-order valence-corrected chi connectivity index (χ2v) is 5.50. The van der Waals surface area contributed by atoms with E-state index in [0.717, 1.165) is 0 Å². The Bertz CT molecular complexity index is 596. The van der Waals surface area contributed by atoms with E-state index in [0.29, 0.717) is 21.3 Å². The maximum atomic E-state index is 12.1. The molecule has 2 N–H and O–H groups in total. The minimum absolute atomic E-state index is 0.178. The Morgan fingerprint density at radius 3 is 2.74 bits per heavy atom. The maximum Gasteiger partial charge on any atom is 0.266 e. The summed E-state index contributed by atoms with van der Waals surface area (Å²) in [5.41, 5.74) is 0.620. The van der Waals surface area contributed by atoms with Crippen molar-refractivity contribution in [2.24, 2.45) is 0 Å². The van der Waals surface area contributed by atoms with Gasteiger partial charge in [-0.25, -0.2) is 0 Å². The number of phenols is 2. The number of amides is 1. The Kier molecular flexibility index (Phi) is 3.92. The highest BCUT2D eigenvalue weighted by Crippen LogP contribution is 2.33. The fraction of sp³-hybridized carbons (Fsp3) is 0.0769. The third-order valence-corrected chi connectivity index (χ3v) is 3.86. The normalized spacial score (nSPS) is 17.3. The lowest BCUT2D eigenvalue weighted by molar-refractivity contribution is -0.121. The summed E-state index contributed by atoms with van der Waals surface area (Å²) < 4.78 is 0.485. The van der Waals surface area contributed by atoms with Gasteiger partial charge in [-0.3, -0.25) is 9.69 Å². The first-order valence-electron chi connectivity index (χ1n) is 5.41. The van der Waals surface area contributed by atoms with Crippen LogP contribution in [0.4, 0.5) is 0 Å². The van der Waals surface area contributed by atoms with Crippen LogP contribution in [-0.2, 0) is 4.79 Å². The van der Waals surface area contributed by atoms with E-state index >= 15 is 0 Å². The summed E-state index contributed by atoms with van der Waals surface area (Å²) in [5, 5.41) is 18.6. The van der Waals surface area contributed by atoms with Crippen LogP contribution in [0.1, 0.15) is 5.56 Å². The Labute approximate surface area is 120 Å². The van der Waals surface area contributed by atoms with Crippen molar-refractivity contribution in [2.75, 3.05) is 6.54 Å². The van der Waals surface area contributed by atoms with Gasteiger partial charge in [0.05, 0.1) is 4.91 Å². The summed E-state index contributed by atoms with van der Waals surface area (Å²) >= 11 is 6.32. The predicted octanol–water partition coefficient (Wildman–Crippen LogP) is 2.49. The molecule has 1 aromatic rings. The van der Waals surface area contributed by atoms with Crippen molar-refractivity contribution < 1.29 is 15.0 Å². The first kappa shape index (κ1) is 13.6. The van der Waals surface area contributed by atoms with Crippen LogP contribution in [0.5, 0.6) is 11.5 Å². The molecule has 0 spiro atoms. The van der Waals surface area contributed by atoms with Gasteiger partial charge in [0, 0.05) is 6.54 Å². The van der Waals surface area contributed by atoms with E-state index in [-0.39, 0.29) is 17.4 Å². The molecule has 0 radical (unpaired) electrons. The van der Waals surface area contributed by atoms with Gasteiger partial charge in [0.15, 0.2) is 11.5 Å². The lowest BCUT2D eigenvalue weighted by Crippen LogP contribution is -2.27. The number of rotatable bonds is 3. The Morgan fingerprint density at radius 2 is 2.11 bits per heavy atom. The molecule has 2 rings (SSSR count). The number of aromatic hydroxyl groups is 2. The number of nitrogens with zero attached hydrogens (tertiary/aromatic N) is 1. The van der Waals surface area contributed by atoms with Gasteiger partial charge in [-0.1, -0.05) is 36.1 Å². The van der Waals surface area contributed by atoms with E-state index in [1.165, 1.54) is 28.8 Å². The quantitative estimate of drug-likeness (QED) is 0.388. The Hall–Kier alpha value is -1.79. The van der Waals surface area contributed by atoms with Crippen molar-refractivity contribution in [1.82, 2.24) is 4.90 Å². The van der Waals surface area contributed by atoms with Gasteiger partial charge >= 0.3 is 0 Å². The molecule has 0 saturated carbocycles. The highest BCUT2D eigenvalue weighted by atomic mass is 32.2. The van der Waals surface area contributed by atoms with Gasteiger partial charge in [0.1, 0.15) is 4.32 Å². The number of phenolic OH excluding ortho intramolecular Hbond substituents is 2. The molecule has 0 bridgehead atoms. The first-order valence-corrected chi connectivity index (χ1v) is 6.63. The van der Waals surface area contributed by atoms with Crippen LogP contribution in [-0.4, -0.2) is 31.9 Å². The van der Waals surface area contributed by atoms with E-state index in [4.69, 9.17) is 12.2 Å². The van der Waals surface area contributed by atoms with Crippen molar-refractivity contribution in [3.05, 3.63) is 41.3 Å². The van der Waals surface area contributed by atoms with E-state index in [1.54, 1.807) is 18.2 Å². The molecule has 0 aliphatic carbocycles. The number of carbonyl (C=O) groups is 1. The molecule has 1 amide bonds. The predicted molar refractivity (Wildman–Crippen MR) is 79.8 cm³/mol. The van der Waals surface area contributed by atoms with Crippen molar-refractivity contribution in [3.8, 4) is 11.5 Å². The molecule has 0 atom stereocenters. The van der Waals surface area contributed by atoms with E-state index in [9.17, 15) is 15.0 Å². The zero-order chi connectivity index (χ0) is 14.0. The largest absolute Gasteiger partial charge is 0.504 e. The van der Waals surface area contributed by atoms with Gasteiger partial charge in [-0.05, 0) is 23.8 Å². The number of thioether (sulfide) groups is 1. The molecule has 0 aromatic heterocycles. The van der Waals surface area contributed by atoms with E-state index < -0.39 is 0 Å². The number of hydrogen-bond donors (Lipinski definition) is 2. The van der Waals surface area contributed by atoms with Crippen molar-refractivity contribution >= 4 is 40.3 Å². The van der Waals surface area contributed by atoms with Gasteiger partial charge < -0.3 is 10.2 Å². The van der Waals surface area contributed by atoms with Crippen molar-refractivity contribution in [2.45, 2.75) is 0 Å². The van der Waals surface area contributed by atoms with Crippen LogP contribution >= 0.6 is 24.0 Å². The average molecular weight is 293 g/mol. The molecule has 1 fully saturated rings. The van der Waals surface area contributed by atoms with Gasteiger partial charge in [-0.15, -0.1) is 6.58 Å². The SMILES string of the molecule is C=CCN1C(=O)/C(=C\c2ccc(O)c(O)c2)SC1=S. The van der Waals surface area contributed by atoms with Crippen molar-refractivity contribution in [1.29, 1.82) is 0 Å². The molecule has 1 aliphatic rings. The third-order valence-electron chi connectivity index (χ3n) is 2.48. The van der Waals surface area contributed by atoms with E-state index in [2.05, 4.69) is 6.58 Å². The summed E-state index contributed by atoms with van der Waals surface area (Å²) in [6, 6.07) is 4.36. The maximum absolute atomic E-state index is 12.1. The smallest absolute Gasteiger partial charge is 0.266 e. The summed E-state index contributed by atoms with van der Waals surface area (Å²) in [6.45, 7) is 3.96. The number of thiocarbonyl (C=S) groups is 1. The van der Waals surface area contributed by atoms with Gasteiger partial charge in [0.2, 0.25) is 0 Å². The molecule has 1 heterocycles. The molecular weight excluding hydrogens is 282 g/mol. The zero-order valence-corrected chi connectivity index (χ0v) is 11.5. The number of carbonyl (C=O) groups excluding carboxylic acids is 1. The standard InChI is InChI=1S/C13H11NO3S2/c1-2-5-14-12(17)11(19-13(14)18)7-8-3-4-9(15)10(16)6-8/h2-4,6-7,15-16H,1,5H2/b11-7+. The fourth-order valence-corrected chi connectivity index (χ4v) is 2.84. The molecule has 19 heavy (non-hydrogen) atoms. The lowest BCUT2D eigenvalue weighted by Gasteiger charge is -2.10. The number of benzene rings is 1. The van der Waals surface area contributed by atoms with Crippen LogP contribution in [0.2, 0.25) is 0 Å². The molecule has 4 nitrogen and oxygen atoms in total. The molecule has 0 unspecified atom stereocenters. The Balaban J connectivity index is 2.29. The summed E-state index contributed by atoms with van der Waals surface area (Å²) in [4.78, 5) is 14.0. The van der Waals surface area contributed by atoms with Gasteiger partial charge in [0.25, 0.3) is 5.91 Å². The minimum atomic E-state index is -0.227. The second-order valence-electron chi connectivity index (χ2n) is 3.83. The van der Waals surface area contributed by atoms with Crippen LogP contribution in [0.25, 0.3) is 6.08 Å². The van der Waals surface area contributed by atoms with Crippen LogP contribution < -0.4 is 0 Å². The van der Waals surface area contributed by atoms with Crippen LogP contribution in [0.15, 0.2) is 35.8 Å². The third kappa shape index (κ3) is 2.80. The average Bonchev–Trinajstić information content (AvgIpc) is 2.62. The highest BCUT2D eigenvalue weighted by Gasteiger charge is 2.30. The highest BCUT2D eigenvalue weighted by molar-refractivity contribution is 8.26. The van der Waals surface area contributed by atoms with Gasteiger partial charge in [-0.2, -0.15) is 0 Å². The van der Waals surface area contributed by atoms with Crippen LogP contribution in [0, 0.1) is 0 Å². The molecule has 1 saturated heterocycles. The molecule has 6 heteroatoms. The molecule has 98 valence electrons. The van der Waals surface area contributed by atoms with Crippen molar-refractivity contribution in [3.63, 3.8) is 0 Å². The van der Waals surface area contributed by atoms with E-state index in [1.807, 2.05) is 0 Å². The number of hydrogen-bond acceptors (Lipinski definition) is 5. The fourth-order valence-electron chi connectivity index (χ4n) is 1.57. The molecular formula is C13H11NO3S2. The monoisotopic (exact) mass is 293 g/mol.